The summed E-state index contributed by atoms with van der Waals surface area (Å²) >= 11 is 0. The van der Waals surface area contributed by atoms with Crippen LogP contribution in [0, 0.1) is 0 Å². The molecule has 0 spiro atoms. The van der Waals surface area contributed by atoms with Crippen LogP contribution >= 0.6 is 0 Å². The lowest BCUT2D eigenvalue weighted by Crippen LogP contribution is -2.14. The van der Waals surface area contributed by atoms with Gasteiger partial charge >= 0.3 is 0 Å². The summed E-state index contributed by atoms with van der Waals surface area (Å²) in [6, 6.07) is 57.7. The summed E-state index contributed by atoms with van der Waals surface area (Å²) in [5, 5.41) is 7.38. The fourth-order valence-corrected chi connectivity index (χ4v) is 8.21. The predicted molar refractivity (Wildman–Crippen MR) is 203 cm³/mol. The van der Waals surface area contributed by atoms with Gasteiger partial charge in [-0.05, 0) is 95.9 Å². The van der Waals surface area contributed by atoms with E-state index in [1.54, 1.807) is 0 Å². The van der Waals surface area contributed by atoms with Crippen LogP contribution in [0.3, 0.4) is 0 Å². The van der Waals surface area contributed by atoms with Gasteiger partial charge in [-0.1, -0.05) is 147 Å². The van der Waals surface area contributed by atoms with Crippen molar-refractivity contribution in [2.75, 3.05) is 0 Å². The summed E-state index contributed by atoms with van der Waals surface area (Å²) in [4.78, 5) is 0. The molecular formula is C47H32O. The van der Waals surface area contributed by atoms with Crippen molar-refractivity contribution in [3.05, 3.63) is 169 Å². The largest absolute Gasteiger partial charge is 0.455 e. The molecule has 0 bridgehead atoms. The molecule has 48 heavy (non-hydrogen) atoms. The zero-order valence-corrected chi connectivity index (χ0v) is 26.9. The molecule has 0 saturated heterocycles. The molecule has 1 nitrogen and oxygen atoms in total. The van der Waals surface area contributed by atoms with Gasteiger partial charge in [0.05, 0.1) is 0 Å². The van der Waals surface area contributed by atoms with Gasteiger partial charge in [0.2, 0.25) is 0 Å². The lowest BCUT2D eigenvalue weighted by Gasteiger charge is -2.22. The second-order valence-electron chi connectivity index (χ2n) is 13.7. The molecule has 226 valence electrons. The maximum Gasteiger partial charge on any atom is 0.143 e. The number of benzene rings is 8. The highest BCUT2D eigenvalue weighted by Crippen LogP contribution is 2.49. The van der Waals surface area contributed by atoms with Crippen molar-refractivity contribution in [3.8, 4) is 44.5 Å². The Hall–Kier alpha value is -5.92. The quantitative estimate of drug-likeness (QED) is 0.181. The molecule has 0 N–H and O–H groups in total. The van der Waals surface area contributed by atoms with Crippen molar-refractivity contribution in [2.45, 2.75) is 19.3 Å². The summed E-state index contributed by atoms with van der Waals surface area (Å²) in [5.74, 6) is 0. The smallest absolute Gasteiger partial charge is 0.143 e. The Bertz CT molecular complexity index is 2740. The number of hydrogen-bond donors (Lipinski definition) is 0. The normalized spacial score (nSPS) is 13.4. The van der Waals surface area contributed by atoms with Crippen molar-refractivity contribution in [1.29, 1.82) is 0 Å². The molecule has 0 fully saturated rings. The average Bonchev–Trinajstić information content (AvgIpc) is 3.63. The molecule has 0 saturated carbocycles. The van der Waals surface area contributed by atoms with E-state index in [-0.39, 0.29) is 5.41 Å². The molecule has 10 rings (SSSR count). The van der Waals surface area contributed by atoms with E-state index in [2.05, 4.69) is 159 Å². The third-order valence-corrected chi connectivity index (χ3v) is 10.7. The van der Waals surface area contributed by atoms with E-state index in [9.17, 15) is 0 Å². The maximum atomic E-state index is 6.35. The Morgan fingerprint density at radius 2 is 0.979 bits per heavy atom. The van der Waals surface area contributed by atoms with Crippen molar-refractivity contribution in [1.82, 2.24) is 0 Å². The molecule has 0 aliphatic heterocycles. The van der Waals surface area contributed by atoms with E-state index < -0.39 is 0 Å². The SMILES string of the molecule is CC1(C)c2ccccc2-c2ccc(-c3ccc4cc(-c5ccc(-c6cccc7c6oc6ccccc67)cc5)c5ccccc5c4c3)cc21. The van der Waals surface area contributed by atoms with Crippen LogP contribution in [0.2, 0.25) is 0 Å². The van der Waals surface area contributed by atoms with Crippen LogP contribution in [0.15, 0.2) is 162 Å². The lowest BCUT2D eigenvalue weighted by molar-refractivity contribution is 0.660. The zero-order chi connectivity index (χ0) is 32.0. The Labute approximate surface area is 279 Å². The van der Waals surface area contributed by atoms with E-state index in [1.165, 1.54) is 66.1 Å². The van der Waals surface area contributed by atoms with Crippen LogP contribution in [0.25, 0.3) is 88.0 Å². The van der Waals surface area contributed by atoms with E-state index in [1.807, 2.05) is 12.1 Å². The van der Waals surface area contributed by atoms with Crippen LogP contribution in [-0.4, -0.2) is 0 Å². The number of fused-ring (bicyclic) bond motifs is 9. The molecule has 0 unspecified atom stereocenters. The third-order valence-electron chi connectivity index (χ3n) is 10.7. The van der Waals surface area contributed by atoms with Crippen LogP contribution in [-0.2, 0) is 5.41 Å². The second kappa shape index (κ2) is 10.0. The van der Waals surface area contributed by atoms with Gasteiger partial charge in [0, 0.05) is 21.8 Å². The first kappa shape index (κ1) is 27.2. The number of hydrogen-bond acceptors (Lipinski definition) is 1. The summed E-state index contributed by atoms with van der Waals surface area (Å²) in [5.41, 5.74) is 14.6. The van der Waals surface area contributed by atoms with Gasteiger partial charge in [-0.15, -0.1) is 0 Å². The fraction of sp³-hybridized carbons (Fsp3) is 0.0638. The van der Waals surface area contributed by atoms with E-state index in [0.29, 0.717) is 0 Å². The molecule has 1 aromatic heterocycles. The Balaban J connectivity index is 1.06. The Kier molecular flexibility index (Phi) is 5.69. The maximum absolute atomic E-state index is 6.35. The van der Waals surface area contributed by atoms with E-state index in [0.717, 1.165) is 33.1 Å². The van der Waals surface area contributed by atoms with Gasteiger partial charge < -0.3 is 4.42 Å². The summed E-state index contributed by atoms with van der Waals surface area (Å²) < 4.78 is 6.35. The van der Waals surface area contributed by atoms with E-state index in [4.69, 9.17) is 4.42 Å². The average molecular weight is 613 g/mol. The van der Waals surface area contributed by atoms with Gasteiger partial charge in [-0.3, -0.25) is 0 Å². The van der Waals surface area contributed by atoms with Gasteiger partial charge in [-0.2, -0.15) is 0 Å². The first-order valence-electron chi connectivity index (χ1n) is 16.8. The van der Waals surface area contributed by atoms with Crippen molar-refractivity contribution in [3.63, 3.8) is 0 Å². The molecule has 1 aliphatic rings. The molecule has 1 heteroatoms. The highest BCUT2D eigenvalue weighted by molar-refractivity contribution is 6.15. The zero-order valence-electron chi connectivity index (χ0n) is 26.9. The standard InChI is InChI=1S/C47H32O/c1-47(2)43-16-7-5-12-37(43)38-25-24-32(28-44(38)47)31-22-23-33-27-41(35-10-3-4-11-36(35)42(33)26-31)30-20-18-29(19-21-30)34-14-9-15-40-39-13-6-8-17-45(39)48-46(34)40/h3-28H,1-2H3. The molecule has 9 aromatic rings. The highest BCUT2D eigenvalue weighted by atomic mass is 16.3. The molecule has 0 amide bonds. The van der Waals surface area contributed by atoms with Crippen LogP contribution in [0.1, 0.15) is 25.0 Å². The van der Waals surface area contributed by atoms with Gasteiger partial charge in [0.25, 0.3) is 0 Å². The number of para-hydroxylation sites is 2. The minimum absolute atomic E-state index is 0.0193. The Morgan fingerprint density at radius 1 is 0.375 bits per heavy atom. The first-order chi connectivity index (χ1) is 23.5. The summed E-state index contributed by atoms with van der Waals surface area (Å²) in [6.45, 7) is 4.70. The Morgan fingerprint density at radius 3 is 1.83 bits per heavy atom. The van der Waals surface area contributed by atoms with Crippen molar-refractivity contribution < 1.29 is 4.42 Å². The molecule has 0 radical (unpaired) electrons. The molecule has 8 aromatic carbocycles. The van der Waals surface area contributed by atoms with E-state index >= 15 is 0 Å². The summed E-state index contributed by atoms with van der Waals surface area (Å²) in [6.07, 6.45) is 0. The predicted octanol–water partition coefficient (Wildman–Crippen LogP) is 13.2. The number of rotatable bonds is 3. The minimum Gasteiger partial charge on any atom is -0.455 e. The van der Waals surface area contributed by atoms with Gasteiger partial charge in [-0.25, -0.2) is 0 Å². The summed E-state index contributed by atoms with van der Waals surface area (Å²) in [7, 11) is 0. The molecule has 1 heterocycles. The van der Waals surface area contributed by atoms with Crippen LogP contribution in [0.4, 0.5) is 0 Å². The van der Waals surface area contributed by atoms with Crippen LogP contribution < -0.4 is 0 Å². The fourth-order valence-electron chi connectivity index (χ4n) is 8.21. The number of furan rings is 1. The van der Waals surface area contributed by atoms with Crippen molar-refractivity contribution in [2.24, 2.45) is 0 Å². The lowest BCUT2D eigenvalue weighted by atomic mass is 9.81. The molecule has 1 aliphatic carbocycles. The molecule has 0 atom stereocenters. The van der Waals surface area contributed by atoms with Gasteiger partial charge in [0.1, 0.15) is 11.2 Å². The van der Waals surface area contributed by atoms with Crippen LogP contribution in [0.5, 0.6) is 0 Å². The molecular weight excluding hydrogens is 581 g/mol. The third kappa shape index (κ3) is 3.91. The first-order valence-corrected chi connectivity index (χ1v) is 16.8. The topological polar surface area (TPSA) is 13.1 Å². The van der Waals surface area contributed by atoms with Gasteiger partial charge in [0.15, 0.2) is 0 Å². The second-order valence-corrected chi connectivity index (χ2v) is 13.7. The monoisotopic (exact) mass is 612 g/mol. The highest BCUT2D eigenvalue weighted by Gasteiger charge is 2.35. The van der Waals surface area contributed by atoms with Crippen molar-refractivity contribution >= 4 is 43.5 Å². The minimum atomic E-state index is -0.0193.